The normalized spacial score (nSPS) is 24.0. The lowest BCUT2D eigenvalue weighted by Gasteiger charge is -2.48. The van der Waals surface area contributed by atoms with Gasteiger partial charge in [-0.1, -0.05) is 86.2 Å². The van der Waals surface area contributed by atoms with Gasteiger partial charge in [0.05, 0.1) is 6.10 Å². The zero-order chi connectivity index (χ0) is 29.5. The number of allylic oxidation sites excluding steroid dienone is 2. The summed E-state index contributed by atoms with van der Waals surface area (Å²) in [7, 11) is -1.05. The highest BCUT2D eigenvalue weighted by Gasteiger charge is 2.53. The molecule has 3 aromatic carbocycles. The van der Waals surface area contributed by atoms with Crippen LogP contribution >= 0.6 is 0 Å². The van der Waals surface area contributed by atoms with Crippen molar-refractivity contribution in [3.8, 4) is 5.75 Å². The predicted octanol–water partition coefficient (Wildman–Crippen LogP) is 7.02. The Morgan fingerprint density at radius 2 is 1.69 bits per heavy atom. The molecule has 1 fully saturated rings. The van der Waals surface area contributed by atoms with Crippen molar-refractivity contribution in [2.45, 2.75) is 45.5 Å². The molecule has 0 radical (unpaired) electrons. The van der Waals surface area contributed by atoms with Crippen LogP contribution in [0.5, 0.6) is 5.75 Å². The molecule has 0 saturated carbocycles. The number of hydrogen-bond donors (Lipinski definition) is 2. The van der Waals surface area contributed by atoms with Crippen molar-refractivity contribution in [3.63, 3.8) is 0 Å². The molecule has 214 valence electrons. The zero-order valence-electron chi connectivity index (χ0n) is 23.8. The molecule has 0 unspecified atom stereocenters. The van der Waals surface area contributed by atoms with E-state index in [9.17, 15) is 24.1 Å². The first-order valence-corrected chi connectivity index (χ1v) is 14.7. The lowest BCUT2D eigenvalue weighted by Crippen LogP contribution is -2.51. The van der Waals surface area contributed by atoms with E-state index in [1.807, 2.05) is 36.4 Å². The van der Waals surface area contributed by atoms with Crippen molar-refractivity contribution < 1.29 is 28.8 Å². The number of phenols is 1. The summed E-state index contributed by atoms with van der Waals surface area (Å²) in [6.45, 7) is 4.22. The van der Waals surface area contributed by atoms with Gasteiger partial charge in [-0.3, -0.25) is 9.59 Å². The van der Waals surface area contributed by atoms with Gasteiger partial charge < -0.3 is 14.8 Å². The second kappa shape index (κ2) is 11.5. The monoisotopic (exact) mass is 564 g/mol. The smallest absolute Gasteiger partial charge is 0.455 e. The van der Waals surface area contributed by atoms with Crippen LogP contribution in [0, 0.1) is 29.5 Å². The molecule has 2 N–H and O–H groups in total. The van der Waals surface area contributed by atoms with Crippen LogP contribution in [0.25, 0.3) is 11.6 Å². The van der Waals surface area contributed by atoms with Gasteiger partial charge in [-0.25, -0.2) is 4.39 Å². The van der Waals surface area contributed by atoms with E-state index in [0.29, 0.717) is 36.0 Å². The number of halogens is 1. The number of benzene rings is 3. The van der Waals surface area contributed by atoms with Crippen molar-refractivity contribution in [1.82, 2.24) is 0 Å². The summed E-state index contributed by atoms with van der Waals surface area (Å²) in [6, 6.07) is 21.2. The van der Waals surface area contributed by atoms with Crippen molar-refractivity contribution in [3.05, 3.63) is 112 Å². The van der Waals surface area contributed by atoms with Crippen LogP contribution in [0.2, 0.25) is 6.32 Å². The molecule has 4 atom stereocenters. The van der Waals surface area contributed by atoms with E-state index < -0.39 is 36.6 Å². The molecule has 42 heavy (non-hydrogen) atoms. The lowest BCUT2D eigenvalue weighted by atomic mass is 9.53. The number of carbonyl (C=O) groups excluding carboxylic acids is 2. The largest absolute Gasteiger partial charge is 0.505 e. The van der Waals surface area contributed by atoms with Crippen LogP contribution in [0.4, 0.5) is 4.39 Å². The number of ketones is 2. The van der Waals surface area contributed by atoms with Gasteiger partial charge in [-0.05, 0) is 71.8 Å². The molecule has 6 rings (SSSR count). The van der Waals surface area contributed by atoms with Crippen LogP contribution < -0.4 is 0 Å². The molecule has 0 amide bonds. The van der Waals surface area contributed by atoms with E-state index in [1.54, 1.807) is 30.3 Å². The molecule has 5 nitrogen and oxygen atoms in total. The van der Waals surface area contributed by atoms with Crippen LogP contribution in [0.1, 0.15) is 65.0 Å². The third-order valence-electron chi connectivity index (χ3n) is 9.13. The number of fused-ring (bicyclic) bond motifs is 4. The molecule has 3 aliphatic rings. The molecular weight excluding hydrogens is 530 g/mol. The van der Waals surface area contributed by atoms with Gasteiger partial charge in [0.1, 0.15) is 0 Å². The number of Topliss-reactive ketones (excluding diaryl/α,β-unsaturated/α-hetero) is 2. The summed E-state index contributed by atoms with van der Waals surface area (Å²) in [5.41, 5.74) is 5.74. The van der Waals surface area contributed by atoms with Crippen LogP contribution in [0.15, 0.2) is 83.9 Å². The third-order valence-corrected chi connectivity index (χ3v) is 9.13. The summed E-state index contributed by atoms with van der Waals surface area (Å²) in [5, 5.41) is 20.6. The van der Waals surface area contributed by atoms with E-state index in [1.165, 1.54) is 12.1 Å². The number of phenolic OH excluding ortho intramolecular Hbond substituents is 1. The Balaban J connectivity index is 1.37. The quantitative estimate of drug-likeness (QED) is 0.191. The van der Waals surface area contributed by atoms with Crippen LogP contribution in [0.3, 0.4) is 0 Å². The first kappa shape index (κ1) is 28.3. The minimum Gasteiger partial charge on any atom is -0.505 e. The predicted molar refractivity (Wildman–Crippen MR) is 161 cm³/mol. The molecule has 3 aromatic rings. The molecule has 1 aliphatic heterocycles. The number of rotatable bonds is 6. The Morgan fingerprint density at radius 3 is 2.38 bits per heavy atom. The minimum atomic E-state index is -1.05. The standard InChI is InChI=1S/C35H34BFO5/c1-20(2)26-18-27-33(35(40)25-11-7-6-10-24(25)34(27)39)28-19-36(41)42-31(32(26)28)15-13-23(22-8-4-3-5-9-22)16-21-12-14-30(38)29(37)17-21/h3-12,14,16-17,20,27-28,31,33,38,41H,13,15,18-19H2,1-2H3/b23-16-/t27-,28+,31-,33-/m1/s1. The summed E-state index contributed by atoms with van der Waals surface area (Å²) in [5.74, 6) is -2.18. The molecular formula is C35H34BFO5. The Labute approximate surface area is 245 Å². The fourth-order valence-electron chi connectivity index (χ4n) is 7.21. The van der Waals surface area contributed by atoms with Gasteiger partial charge in [0.15, 0.2) is 23.1 Å². The maximum atomic E-state index is 14.2. The highest BCUT2D eigenvalue weighted by molar-refractivity contribution is 6.43. The minimum absolute atomic E-state index is 0.0142. The van der Waals surface area contributed by atoms with Crippen molar-refractivity contribution >= 4 is 30.3 Å². The van der Waals surface area contributed by atoms with E-state index in [-0.39, 0.29) is 29.7 Å². The highest BCUT2D eigenvalue weighted by Crippen LogP contribution is 2.52. The Hall–Kier alpha value is -3.81. The third kappa shape index (κ3) is 5.16. The molecule has 2 aliphatic carbocycles. The second-order valence-electron chi connectivity index (χ2n) is 12.0. The molecule has 0 bridgehead atoms. The maximum absolute atomic E-state index is 14.2. The average molecular weight is 564 g/mol. The highest BCUT2D eigenvalue weighted by atomic mass is 19.1. The van der Waals surface area contributed by atoms with Gasteiger partial charge in [0.2, 0.25) is 0 Å². The van der Waals surface area contributed by atoms with Gasteiger partial charge >= 0.3 is 7.12 Å². The summed E-state index contributed by atoms with van der Waals surface area (Å²) >= 11 is 0. The first-order chi connectivity index (χ1) is 20.2. The Morgan fingerprint density at radius 1 is 1.00 bits per heavy atom. The summed E-state index contributed by atoms with van der Waals surface area (Å²) in [4.78, 5) is 27.6. The average Bonchev–Trinajstić information content (AvgIpc) is 2.99. The Kier molecular flexibility index (Phi) is 7.73. The van der Waals surface area contributed by atoms with Crippen molar-refractivity contribution in [2.24, 2.45) is 23.7 Å². The fraction of sp³-hybridized carbons (Fsp3) is 0.314. The topological polar surface area (TPSA) is 83.8 Å². The lowest BCUT2D eigenvalue weighted by molar-refractivity contribution is 0.0594. The Bertz CT molecular complexity index is 1590. The fourth-order valence-corrected chi connectivity index (χ4v) is 7.21. The van der Waals surface area contributed by atoms with Crippen LogP contribution in [-0.4, -0.2) is 34.9 Å². The van der Waals surface area contributed by atoms with E-state index in [0.717, 1.165) is 22.3 Å². The molecule has 1 heterocycles. The number of carbonyl (C=O) groups is 2. The van der Waals surface area contributed by atoms with E-state index in [4.69, 9.17) is 4.65 Å². The van der Waals surface area contributed by atoms with E-state index >= 15 is 0 Å². The van der Waals surface area contributed by atoms with Gasteiger partial charge in [-0.2, -0.15) is 0 Å². The van der Waals surface area contributed by atoms with Crippen molar-refractivity contribution in [1.29, 1.82) is 0 Å². The molecule has 0 aromatic heterocycles. The van der Waals surface area contributed by atoms with Crippen molar-refractivity contribution in [2.75, 3.05) is 0 Å². The zero-order valence-corrected chi connectivity index (χ0v) is 23.8. The van der Waals surface area contributed by atoms with Crippen LogP contribution in [-0.2, 0) is 4.65 Å². The number of hydrogen-bond acceptors (Lipinski definition) is 5. The van der Waals surface area contributed by atoms with E-state index in [2.05, 4.69) is 13.8 Å². The second-order valence-corrected chi connectivity index (χ2v) is 12.0. The number of aromatic hydroxyl groups is 1. The van der Waals surface area contributed by atoms with Gasteiger partial charge in [0, 0.05) is 23.0 Å². The first-order valence-electron chi connectivity index (χ1n) is 14.7. The van der Waals surface area contributed by atoms with Gasteiger partial charge in [0.25, 0.3) is 0 Å². The van der Waals surface area contributed by atoms with Gasteiger partial charge in [-0.15, -0.1) is 0 Å². The molecule has 0 spiro atoms. The maximum Gasteiger partial charge on any atom is 0.455 e. The molecule has 1 saturated heterocycles. The SMILES string of the molecule is CC(C)C1=C2[C@@H](CC/C(=C/c3ccc(O)c(F)c3)c3ccccc3)OB(O)C[C@@H]2[C@@H]2C(=O)c3ccccc3C(=O)[C@@H]2C1. The summed E-state index contributed by atoms with van der Waals surface area (Å²) in [6.07, 6.45) is 3.37. The molecule has 7 heteroatoms. The summed E-state index contributed by atoms with van der Waals surface area (Å²) < 4.78 is 20.4.